The summed E-state index contributed by atoms with van der Waals surface area (Å²) in [6, 6.07) is 19.3. The van der Waals surface area contributed by atoms with Crippen LogP contribution in [0.2, 0.25) is 10.0 Å². The van der Waals surface area contributed by atoms with E-state index >= 15 is 0 Å². The standard InChI is InChI=1S/C26H22Cl2N6O3/c1-15-23(25(35)30-21-8-3-4-9-22(21)36-2)24(34-26(29-15)31-32-33-34)16-6-5-7-19(12-16)37-14-17-10-11-18(27)13-20(17)28/h3-13,24H,14H2,1-2H3,(H,30,35)(H,29,31,33). The minimum atomic E-state index is -0.608. The van der Waals surface area contributed by atoms with Gasteiger partial charge in [0.15, 0.2) is 0 Å². The molecule has 1 unspecified atom stereocenters. The van der Waals surface area contributed by atoms with Crippen LogP contribution in [0.1, 0.15) is 24.1 Å². The van der Waals surface area contributed by atoms with Crippen molar-refractivity contribution in [2.45, 2.75) is 19.6 Å². The number of hydrogen-bond acceptors (Lipinski definition) is 7. The van der Waals surface area contributed by atoms with E-state index in [-0.39, 0.29) is 12.5 Å². The number of rotatable bonds is 7. The highest BCUT2D eigenvalue weighted by atomic mass is 35.5. The number of anilines is 2. The molecule has 1 aliphatic heterocycles. The van der Waals surface area contributed by atoms with E-state index in [2.05, 4.69) is 26.2 Å². The number of allylic oxidation sites excluding steroid dienone is 1. The number of tetrazole rings is 1. The lowest BCUT2D eigenvalue weighted by molar-refractivity contribution is -0.113. The van der Waals surface area contributed by atoms with E-state index < -0.39 is 6.04 Å². The van der Waals surface area contributed by atoms with E-state index in [9.17, 15) is 4.79 Å². The Kier molecular flexibility index (Phi) is 6.98. The van der Waals surface area contributed by atoms with E-state index in [1.165, 1.54) is 0 Å². The van der Waals surface area contributed by atoms with Gasteiger partial charge >= 0.3 is 0 Å². The molecule has 11 heteroatoms. The lowest BCUT2D eigenvalue weighted by atomic mass is 9.94. The highest BCUT2D eigenvalue weighted by Gasteiger charge is 2.34. The first-order valence-corrected chi connectivity index (χ1v) is 12.1. The van der Waals surface area contributed by atoms with Crippen molar-refractivity contribution in [3.63, 3.8) is 0 Å². The second kappa shape index (κ2) is 10.5. The lowest BCUT2D eigenvalue weighted by Gasteiger charge is -2.28. The van der Waals surface area contributed by atoms with E-state index in [1.807, 2.05) is 49.4 Å². The first-order valence-electron chi connectivity index (χ1n) is 11.3. The molecule has 0 saturated carbocycles. The highest BCUT2D eigenvalue weighted by molar-refractivity contribution is 6.35. The SMILES string of the molecule is COc1ccccc1NC(=O)C1=C(C)Nc2nnnn2C1c1cccc(OCc2ccc(Cl)cc2Cl)c1. The number of para-hydroxylation sites is 2. The molecule has 1 amide bonds. The first kappa shape index (κ1) is 24.6. The van der Waals surface area contributed by atoms with Gasteiger partial charge in [-0.15, -0.1) is 0 Å². The Labute approximate surface area is 223 Å². The molecule has 37 heavy (non-hydrogen) atoms. The van der Waals surface area contributed by atoms with Gasteiger partial charge in [0.2, 0.25) is 5.95 Å². The Balaban J connectivity index is 1.46. The Morgan fingerprint density at radius 2 is 1.95 bits per heavy atom. The number of carbonyl (C=O) groups excluding carboxylic acids is 1. The number of amides is 1. The summed E-state index contributed by atoms with van der Waals surface area (Å²) in [5, 5.41) is 19.1. The Morgan fingerprint density at radius 1 is 1.11 bits per heavy atom. The predicted molar refractivity (Wildman–Crippen MR) is 141 cm³/mol. The maximum atomic E-state index is 13.6. The molecule has 1 aliphatic rings. The van der Waals surface area contributed by atoms with E-state index in [0.717, 1.165) is 11.1 Å². The van der Waals surface area contributed by atoms with Gasteiger partial charge in [0.25, 0.3) is 5.91 Å². The number of benzene rings is 3. The van der Waals surface area contributed by atoms with Gasteiger partial charge in [-0.05, 0) is 59.3 Å². The number of aromatic nitrogens is 4. The fourth-order valence-electron chi connectivity index (χ4n) is 4.13. The summed E-state index contributed by atoms with van der Waals surface area (Å²) >= 11 is 12.3. The Morgan fingerprint density at radius 3 is 2.76 bits per heavy atom. The number of nitrogens with one attached hydrogen (secondary N) is 2. The van der Waals surface area contributed by atoms with Crippen LogP contribution in [-0.4, -0.2) is 33.2 Å². The molecule has 0 bridgehead atoms. The fourth-order valence-corrected chi connectivity index (χ4v) is 4.59. The minimum Gasteiger partial charge on any atom is -0.495 e. The minimum absolute atomic E-state index is 0.248. The van der Waals surface area contributed by atoms with Gasteiger partial charge in [0, 0.05) is 21.3 Å². The molecule has 0 saturated heterocycles. The second-order valence-electron chi connectivity index (χ2n) is 8.26. The molecule has 188 valence electrons. The van der Waals surface area contributed by atoms with Crippen molar-refractivity contribution in [1.29, 1.82) is 0 Å². The maximum Gasteiger partial charge on any atom is 0.255 e. The number of halogens is 2. The summed E-state index contributed by atoms with van der Waals surface area (Å²) in [6.07, 6.45) is 0. The molecule has 4 aromatic rings. The number of hydrogen-bond donors (Lipinski definition) is 2. The molecule has 1 atom stereocenters. The highest BCUT2D eigenvalue weighted by Crippen LogP contribution is 2.37. The summed E-state index contributed by atoms with van der Waals surface area (Å²) in [4.78, 5) is 13.6. The molecule has 0 fully saturated rings. The largest absolute Gasteiger partial charge is 0.495 e. The van der Waals surface area contributed by atoms with Gasteiger partial charge in [0.1, 0.15) is 24.1 Å². The van der Waals surface area contributed by atoms with Gasteiger partial charge in [-0.2, -0.15) is 4.68 Å². The van der Waals surface area contributed by atoms with Crippen molar-refractivity contribution in [1.82, 2.24) is 20.2 Å². The zero-order chi connectivity index (χ0) is 25.9. The topological polar surface area (TPSA) is 103 Å². The van der Waals surface area contributed by atoms with Gasteiger partial charge in [-0.1, -0.05) is 58.6 Å². The summed E-state index contributed by atoms with van der Waals surface area (Å²) in [5.41, 5.74) is 3.18. The zero-order valence-electron chi connectivity index (χ0n) is 19.9. The third-order valence-electron chi connectivity index (χ3n) is 5.90. The van der Waals surface area contributed by atoms with Crippen molar-refractivity contribution in [2.75, 3.05) is 17.7 Å². The average molecular weight is 537 g/mol. The summed E-state index contributed by atoms with van der Waals surface area (Å²) in [6.45, 7) is 2.06. The molecule has 5 rings (SSSR count). The quantitative estimate of drug-likeness (QED) is 0.321. The number of methoxy groups -OCH3 is 1. The molecular formula is C26H22Cl2N6O3. The Hall–Kier alpha value is -4.08. The van der Waals surface area contributed by atoms with Crippen LogP contribution < -0.4 is 20.1 Å². The van der Waals surface area contributed by atoms with Crippen molar-refractivity contribution in [3.05, 3.63) is 99.2 Å². The van der Waals surface area contributed by atoms with Crippen LogP contribution in [0.4, 0.5) is 11.6 Å². The monoisotopic (exact) mass is 536 g/mol. The van der Waals surface area contributed by atoms with E-state index in [0.29, 0.717) is 44.5 Å². The summed E-state index contributed by atoms with van der Waals surface area (Å²) in [7, 11) is 1.55. The fraction of sp³-hybridized carbons (Fsp3) is 0.154. The predicted octanol–water partition coefficient (Wildman–Crippen LogP) is 5.50. The molecule has 2 heterocycles. The van der Waals surface area contributed by atoms with Crippen LogP contribution in [-0.2, 0) is 11.4 Å². The third-order valence-corrected chi connectivity index (χ3v) is 6.48. The van der Waals surface area contributed by atoms with Crippen LogP contribution in [0.15, 0.2) is 78.0 Å². The summed E-state index contributed by atoms with van der Waals surface area (Å²) < 4.78 is 13.0. The van der Waals surface area contributed by atoms with Crippen LogP contribution in [0.3, 0.4) is 0 Å². The van der Waals surface area contributed by atoms with Crippen molar-refractivity contribution in [2.24, 2.45) is 0 Å². The molecule has 2 N–H and O–H groups in total. The first-order chi connectivity index (χ1) is 17.9. The van der Waals surface area contributed by atoms with E-state index in [4.69, 9.17) is 32.7 Å². The molecule has 0 radical (unpaired) electrons. The zero-order valence-corrected chi connectivity index (χ0v) is 21.4. The number of nitrogens with zero attached hydrogens (tertiary/aromatic N) is 4. The number of fused-ring (bicyclic) bond motifs is 1. The van der Waals surface area contributed by atoms with Crippen LogP contribution in [0, 0.1) is 0 Å². The molecular weight excluding hydrogens is 515 g/mol. The number of ether oxygens (including phenoxy) is 2. The van der Waals surface area contributed by atoms with Gasteiger partial charge in [0.05, 0.1) is 18.4 Å². The molecule has 3 aromatic carbocycles. The molecule has 0 spiro atoms. The van der Waals surface area contributed by atoms with Crippen LogP contribution in [0.25, 0.3) is 0 Å². The average Bonchev–Trinajstić information content (AvgIpc) is 3.36. The molecule has 9 nitrogen and oxygen atoms in total. The second-order valence-corrected chi connectivity index (χ2v) is 9.11. The molecule has 1 aromatic heterocycles. The van der Waals surface area contributed by atoms with E-state index in [1.54, 1.807) is 36.1 Å². The normalized spacial score (nSPS) is 14.5. The smallest absolute Gasteiger partial charge is 0.255 e. The van der Waals surface area contributed by atoms with Crippen LogP contribution in [0.5, 0.6) is 11.5 Å². The molecule has 0 aliphatic carbocycles. The number of carbonyl (C=O) groups is 1. The van der Waals surface area contributed by atoms with Crippen molar-refractivity contribution < 1.29 is 14.3 Å². The lowest BCUT2D eigenvalue weighted by Crippen LogP contribution is -2.31. The van der Waals surface area contributed by atoms with Gasteiger partial charge < -0.3 is 20.1 Å². The van der Waals surface area contributed by atoms with Gasteiger partial charge in [-0.25, -0.2) is 0 Å². The summed E-state index contributed by atoms with van der Waals surface area (Å²) in [5.74, 6) is 1.25. The van der Waals surface area contributed by atoms with Crippen LogP contribution >= 0.6 is 23.2 Å². The Bertz CT molecular complexity index is 1500. The van der Waals surface area contributed by atoms with Crippen molar-refractivity contribution >= 4 is 40.7 Å². The third kappa shape index (κ3) is 5.09. The maximum absolute atomic E-state index is 13.6. The van der Waals surface area contributed by atoms with Crippen molar-refractivity contribution in [3.8, 4) is 11.5 Å². The van der Waals surface area contributed by atoms with Gasteiger partial charge in [-0.3, -0.25) is 4.79 Å².